The summed E-state index contributed by atoms with van der Waals surface area (Å²) < 4.78 is 30.3. The van der Waals surface area contributed by atoms with Crippen LogP contribution in [0.15, 0.2) is 38.6 Å². The summed E-state index contributed by atoms with van der Waals surface area (Å²) in [6.45, 7) is 0.938. The van der Waals surface area contributed by atoms with Gasteiger partial charge >= 0.3 is 6.09 Å². The molecular formula is C18H20BrN3O5S. The molecule has 2 heterocycles. The van der Waals surface area contributed by atoms with Crippen LogP contribution < -0.4 is 5.56 Å². The van der Waals surface area contributed by atoms with E-state index < -0.39 is 16.1 Å². The van der Waals surface area contributed by atoms with Gasteiger partial charge in [0.15, 0.2) is 0 Å². The first-order valence-electron chi connectivity index (χ1n) is 9.08. The number of fused-ring (bicyclic) bond motifs is 1. The predicted molar refractivity (Wildman–Crippen MR) is 107 cm³/mol. The fourth-order valence-corrected chi connectivity index (χ4v) is 5.50. The van der Waals surface area contributed by atoms with Crippen molar-refractivity contribution in [3.05, 3.63) is 39.2 Å². The number of rotatable bonds is 4. The zero-order valence-corrected chi connectivity index (χ0v) is 17.4. The standard InChI is InChI=1S/C18H20BrN3O5S/c19-13-3-4-14-15(9-13)16(11-21(17(14)23)10-12-1-2-12)28(26,27)22-7-5-20(6-8-22)18(24)25/h3-4,9,11-12H,1-2,5-8,10H2,(H,24,25). The molecule has 8 nitrogen and oxygen atoms in total. The van der Waals surface area contributed by atoms with Gasteiger partial charge in [0.25, 0.3) is 5.56 Å². The van der Waals surface area contributed by atoms with Crippen LogP contribution in [0.3, 0.4) is 0 Å². The molecule has 10 heteroatoms. The van der Waals surface area contributed by atoms with Gasteiger partial charge in [0.05, 0.1) is 0 Å². The van der Waals surface area contributed by atoms with Crippen LogP contribution in [-0.2, 0) is 16.6 Å². The number of halogens is 1. The van der Waals surface area contributed by atoms with E-state index >= 15 is 0 Å². The van der Waals surface area contributed by atoms with Gasteiger partial charge in [-0.05, 0) is 37.0 Å². The number of hydrogen-bond acceptors (Lipinski definition) is 4. The van der Waals surface area contributed by atoms with E-state index in [1.54, 1.807) is 18.2 Å². The average Bonchev–Trinajstić information content (AvgIpc) is 3.48. The molecule has 1 aliphatic heterocycles. The van der Waals surface area contributed by atoms with Crippen LogP contribution in [0.4, 0.5) is 4.79 Å². The molecule has 1 N–H and O–H groups in total. The maximum atomic E-state index is 13.4. The van der Waals surface area contributed by atoms with Gasteiger partial charge in [-0.15, -0.1) is 0 Å². The third kappa shape index (κ3) is 3.56. The van der Waals surface area contributed by atoms with E-state index in [1.165, 1.54) is 20.0 Å². The first-order valence-corrected chi connectivity index (χ1v) is 11.3. The number of sulfonamides is 1. The van der Waals surface area contributed by atoms with Gasteiger partial charge in [-0.1, -0.05) is 15.9 Å². The zero-order valence-electron chi connectivity index (χ0n) is 15.0. The lowest BCUT2D eigenvalue weighted by atomic mass is 10.2. The quantitative estimate of drug-likeness (QED) is 0.739. The van der Waals surface area contributed by atoms with Gasteiger partial charge < -0.3 is 14.6 Å². The highest BCUT2D eigenvalue weighted by molar-refractivity contribution is 9.10. The summed E-state index contributed by atoms with van der Waals surface area (Å²) in [5, 5.41) is 9.84. The second-order valence-electron chi connectivity index (χ2n) is 7.26. The van der Waals surface area contributed by atoms with Crippen molar-refractivity contribution in [1.82, 2.24) is 13.8 Å². The van der Waals surface area contributed by atoms with Gasteiger partial charge in [0, 0.05) is 54.2 Å². The highest BCUT2D eigenvalue weighted by Gasteiger charge is 2.32. The highest BCUT2D eigenvalue weighted by atomic mass is 79.9. The number of carboxylic acid groups (broad SMARTS) is 1. The number of carbonyl (C=O) groups is 1. The largest absolute Gasteiger partial charge is 0.465 e. The minimum absolute atomic E-state index is 0.0892. The third-order valence-corrected chi connectivity index (χ3v) is 7.71. The molecule has 28 heavy (non-hydrogen) atoms. The number of amides is 1. The lowest BCUT2D eigenvalue weighted by Crippen LogP contribution is -2.50. The molecule has 1 amide bonds. The fraction of sp³-hybridized carbons (Fsp3) is 0.444. The molecular weight excluding hydrogens is 450 g/mol. The molecule has 1 saturated carbocycles. The maximum absolute atomic E-state index is 13.4. The molecule has 1 aromatic carbocycles. The van der Waals surface area contributed by atoms with Crippen molar-refractivity contribution in [3.63, 3.8) is 0 Å². The molecule has 0 atom stereocenters. The Hall–Kier alpha value is -1.91. The molecule has 2 aromatic rings. The van der Waals surface area contributed by atoms with Crippen LogP contribution in [0.1, 0.15) is 12.8 Å². The van der Waals surface area contributed by atoms with Crippen LogP contribution in [-0.4, -0.2) is 59.6 Å². The Morgan fingerprint density at radius 2 is 1.82 bits per heavy atom. The first kappa shape index (κ1) is 19.4. The molecule has 2 fully saturated rings. The number of aromatic nitrogens is 1. The Labute approximate surface area is 170 Å². The molecule has 4 rings (SSSR count). The van der Waals surface area contributed by atoms with Crippen LogP contribution in [0, 0.1) is 5.92 Å². The third-order valence-electron chi connectivity index (χ3n) is 5.29. The van der Waals surface area contributed by atoms with E-state index in [2.05, 4.69) is 15.9 Å². The van der Waals surface area contributed by atoms with Gasteiger partial charge in [-0.25, -0.2) is 13.2 Å². The van der Waals surface area contributed by atoms with Crippen molar-refractivity contribution in [2.75, 3.05) is 26.2 Å². The van der Waals surface area contributed by atoms with Gasteiger partial charge in [0.1, 0.15) is 4.90 Å². The number of benzene rings is 1. The SMILES string of the molecule is O=C(O)N1CCN(S(=O)(=O)c2cn(CC3CC3)c(=O)c3ccc(Br)cc23)CC1. The summed E-state index contributed by atoms with van der Waals surface area (Å²) in [4.78, 5) is 25.2. The minimum Gasteiger partial charge on any atom is -0.465 e. The van der Waals surface area contributed by atoms with Crippen molar-refractivity contribution >= 4 is 42.8 Å². The smallest absolute Gasteiger partial charge is 0.407 e. The van der Waals surface area contributed by atoms with Crippen molar-refractivity contribution in [2.24, 2.45) is 5.92 Å². The lowest BCUT2D eigenvalue weighted by molar-refractivity contribution is 0.126. The summed E-state index contributed by atoms with van der Waals surface area (Å²) >= 11 is 3.36. The predicted octanol–water partition coefficient (Wildman–Crippen LogP) is 2.16. The van der Waals surface area contributed by atoms with Crippen molar-refractivity contribution in [3.8, 4) is 0 Å². The monoisotopic (exact) mass is 469 g/mol. The molecule has 0 unspecified atom stereocenters. The first-order chi connectivity index (χ1) is 13.3. The lowest BCUT2D eigenvalue weighted by Gasteiger charge is -2.32. The molecule has 0 spiro atoms. The Morgan fingerprint density at radius 1 is 1.14 bits per heavy atom. The molecule has 0 radical (unpaired) electrons. The second kappa shape index (κ2) is 7.16. The molecule has 0 bridgehead atoms. The minimum atomic E-state index is -3.88. The van der Waals surface area contributed by atoms with Crippen molar-refractivity contribution in [1.29, 1.82) is 0 Å². The fourth-order valence-electron chi connectivity index (χ4n) is 3.51. The van der Waals surface area contributed by atoms with E-state index in [9.17, 15) is 18.0 Å². The molecule has 1 aliphatic carbocycles. The Morgan fingerprint density at radius 3 is 2.43 bits per heavy atom. The van der Waals surface area contributed by atoms with Crippen LogP contribution in [0.5, 0.6) is 0 Å². The van der Waals surface area contributed by atoms with E-state index in [1.807, 2.05) is 0 Å². The molecule has 2 aliphatic rings. The maximum Gasteiger partial charge on any atom is 0.407 e. The Balaban J connectivity index is 1.80. The van der Waals surface area contributed by atoms with Gasteiger partial charge in [-0.2, -0.15) is 4.31 Å². The van der Waals surface area contributed by atoms with Crippen LogP contribution >= 0.6 is 15.9 Å². The van der Waals surface area contributed by atoms with Crippen LogP contribution in [0.2, 0.25) is 0 Å². The van der Waals surface area contributed by atoms with Gasteiger partial charge in [-0.3, -0.25) is 4.79 Å². The number of nitrogens with zero attached hydrogens (tertiary/aromatic N) is 3. The summed E-state index contributed by atoms with van der Waals surface area (Å²) in [5.74, 6) is 0.417. The molecule has 1 aromatic heterocycles. The summed E-state index contributed by atoms with van der Waals surface area (Å²) in [5.41, 5.74) is -0.191. The second-order valence-corrected chi connectivity index (χ2v) is 10.1. The van der Waals surface area contributed by atoms with Crippen molar-refractivity contribution in [2.45, 2.75) is 24.3 Å². The molecule has 1 saturated heterocycles. The normalized spacial score (nSPS) is 18.5. The number of hydrogen-bond donors (Lipinski definition) is 1. The summed E-state index contributed by atoms with van der Waals surface area (Å²) in [7, 11) is -3.88. The van der Waals surface area contributed by atoms with E-state index in [4.69, 9.17) is 5.11 Å². The molecule has 150 valence electrons. The Kier molecular flexibility index (Phi) is 4.96. The number of piperazine rings is 1. The summed E-state index contributed by atoms with van der Waals surface area (Å²) in [6.07, 6.45) is 2.49. The summed E-state index contributed by atoms with van der Waals surface area (Å²) in [6, 6.07) is 5.03. The average molecular weight is 470 g/mol. The highest BCUT2D eigenvalue weighted by Crippen LogP contribution is 2.32. The zero-order chi connectivity index (χ0) is 20.1. The van der Waals surface area contributed by atoms with Crippen molar-refractivity contribution < 1.29 is 18.3 Å². The number of pyridine rings is 1. The van der Waals surface area contributed by atoms with E-state index in [0.29, 0.717) is 27.7 Å². The van der Waals surface area contributed by atoms with Crippen LogP contribution in [0.25, 0.3) is 10.8 Å². The van der Waals surface area contributed by atoms with Gasteiger partial charge in [0.2, 0.25) is 10.0 Å². The Bertz CT molecular complexity index is 1100. The topological polar surface area (TPSA) is 99.9 Å². The van der Waals surface area contributed by atoms with E-state index in [-0.39, 0.29) is 36.6 Å². The van der Waals surface area contributed by atoms with E-state index in [0.717, 1.165) is 12.8 Å².